The molecule has 2 nitrogen and oxygen atoms in total. The zero-order valence-corrected chi connectivity index (χ0v) is 15.2. The monoisotopic (exact) mass is 322 g/mol. The van der Waals surface area contributed by atoms with E-state index in [0.29, 0.717) is 18.0 Å². The Bertz CT molecular complexity index is 648. The zero-order valence-electron chi connectivity index (χ0n) is 15.2. The number of aryl methyl sites for hydroxylation is 1. The molecule has 128 valence electrons. The molecule has 3 rings (SSSR count). The molecule has 0 spiro atoms. The lowest BCUT2D eigenvalue weighted by atomic mass is 9.80. The standard InChI is InChI=1S/C22H30N2/c1-4-17-11-8-12-19-15-20(13-14-23-16(2)3)22(24-21(17)19)18-9-6-5-7-10-18/h5-12,16,20,22-24H,4,13-15H2,1-3H3. The highest BCUT2D eigenvalue weighted by molar-refractivity contribution is 5.61. The first kappa shape index (κ1) is 17.0. The molecule has 0 aliphatic carbocycles. The lowest BCUT2D eigenvalue weighted by Gasteiger charge is -2.36. The molecule has 0 saturated carbocycles. The van der Waals surface area contributed by atoms with Crippen LogP contribution in [0.1, 0.15) is 49.9 Å². The Morgan fingerprint density at radius 1 is 1.08 bits per heavy atom. The van der Waals surface area contributed by atoms with Crippen molar-refractivity contribution in [1.82, 2.24) is 5.32 Å². The molecule has 2 atom stereocenters. The minimum Gasteiger partial charge on any atom is -0.377 e. The van der Waals surface area contributed by atoms with Gasteiger partial charge in [0, 0.05) is 11.7 Å². The molecule has 2 N–H and O–H groups in total. The highest BCUT2D eigenvalue weighted by Gasteiger charge is 2.29. The van der Waals surface area contributed by atoms with Gasteiger partial charge in [0.1, 0.15) is 0 Å². The molecule has 0 saturated heterocycles. The molecule has 0 amide bonds. The Morgan fingerprint density at radius 2 is 1.88 bits per heavy atom. The first-order valence-corrected chi connectivity index (χ1v) is 9.34. The molecule has 2 heteroatoms. The third kappa shape index (κ3) is 3.81. The molecular weight excluding hydrogens is 292 g/mol. The Balaban J connectivity index is 1.87. The maximum absolute atomic E-state index is 3.89. The average molecular weight is 322 g/mol. The van der Waals surface area contributed by atoms with E-state index in [-0.39, 0.29) is 0 Å². The van der Waals surface area contributed by atoms with Crippen molar-refractivity contribution in [2.24, 2.45) is 5.92 Å². The Labute approximate surface area is 146 Å². The highest BCUT2D eigenvalue weighted by Crippen LogP contribution is 2.40. The van der Waals surface area contributed by atoms with Gasteiger partial charge in [-0.25, -0.2) is 0 Å². The predicted octanol–water partition coefficient (Wildman–Crippen LogP) is 4.96. The maximum Gasteiger partial charge on any atom is 0.0545 e. The van der Waals surface area contributed by atoms with Crippen LogP contribution in [0.4, 0.5) is 5.69 Å². The van der Waals surface area contributed by atoms with E-state index >= 15 is 0 Å². The molecule has 0 radical (unpaired) electrons. The van der Waals surface area contributed by atoms with Crippen molar-refractivity contribution in [3.8, 4) is 0 Å². The summed E-state index contributed by atoms with van der Waals surface area (Å²) in [6.07, 6.45) is 3.44. The highest BCUT2D eigenvalue weighted by atomic mass is 15.0. The van der Waals surface area contributed by atoms with Gasteiger partial charge in [0.25, 0.3) is 0 Å². The smallest absolute Gasteiger partial charge is 0.0545 e. The van der Waals surface area contributed by atoms with E-state index < -0.39 is 0 Å². The summed E-state index contributed by atoms with van der Waals surface area (Å²) < 4.78 is 0. The summed E-state index contributed by atoms with van der Waals surface area (Å²) in [6.45, 7) is 7.76. The second-order valence-electron chi connectivity index (χ2n) is 7.20. The summed E-state index contributed by atoms with van der Waals surface area (Å²) in [5.41, 5.74) is 5.70. The van der Waals surface area contributed by atoms with Crippen LogP contribution in [0.15, 0.2) is 48.5 Å². The number of hydrogen-bond donors (Lipinski definition) is 2. The molecule has 2 unspecified atom stereocenters. The normalized spacial score (nSPS) is 19.8. The van der Waals surface area contributed by atoms with Gasteiger partial charge in [0.05, 0.1) is 6.04 Å². The number of benzene rings is 2. The van der Waals surface area contributed by atoms with Crippen LogP contribution in [0.2, 0.25) is 0 Å². The van der Waals surface area contributed by atoms with Gasteiger partial charge in [0.2, 0.25) is 0 Å². The Kier molecular flexibility index (Phi) is 5.57. The van der Waals surface area contributed by atoms with E-state index in [0.717, 1.165) is 19.4 Å². The summed E-state index contributed by atoms with van der Waals surface area (Å²) in [5.74, 6) is 0.623. The van der Waals surface area contributed by atoms with Crippen molar-refractivity contribution in [1.29, 1.82) is 0 Å². The van der Waals surface area contributed by atoms with E-state index in [9.17, 15) is 0 Å². The number of rotatable bonds is 6. The van der Waals surface area contributed by atoms with Crippen LogP contribution in [0, 0.1) is 5.92 Å². The molecule has 0 fully saturated rings. The van der Waals surface area contributed by atoms with Crippen molar-refractivity contribution in [3.63, 3.8) is 0 Å². The fourth-order valence-corrected chi connectivity index (χ4v) is 3.82. The SMILES string of the molecule is CCc1cccc2c1NC(c1ccccc1)C(CCNC(C)C)C2. The molecule has 1 aliphatic heterocycles. The first-order valence-electron chi connectivity index (χ1n) is 9.34. The maximum atomic E-state index is 3.89. The van der Waals surface area contributed by atoms with Gasteiger partial charge in [-0.1, -0.05) is 69.3 Å². The van der Waals surface area contributed by atoms with Gasteiger partial charge in [-0.15, -0.1) is 0 Å². The molecule has 2 aromatic rings. The lowest BCUT2D eigenvalue weighted by molar-refractivity contribution is 0.389. The van der Waals surface area contributed by atoms with Crippen LogP contribution < -0.4 is 10.6 Å². The van der Waals surface area contributed by atoms with E-state index in [1.807, 2.05) is 0 Å². The molecule has 1 aliphatic rings. The van der Waals surface area contributed by atoms with E-state index in [1.54, 1.807) is 0 Å². The first-order chi connectivity index (χ1) is 11.7. The topological polar surface area (TPSA) is 24.1 Å². The number of fused-ring (bicyclic) bond motifs is 1. The van der Waals surface area contributed by atoms with Crippen molar-refractivity contribution < 1.29 is 0 Å². The molecule has 0 bridgehead atoms. The van der Waals surface area contributed by atoms with Crippen molar-refractivity contribution in [2.75, 3.05) is 11.9 Å². The second-order valence-corrected chi connectivity index (χ2v) is 7.20. The predicted molar refractivity (Wildman–Crippen MR) is 104 cm³/mol. The number of nitrogens with one attached hydrogen (secondary N) is 2. The fraction of sp³-hybridized carbons (Fsp3) is 0.455. The minimum absolute atomic E-state index is 0.403. The summed E-state index contributed by atoms with van der Waals surface area (Å²) in [6, 6.07) is 18.7. The third-order valence-corrected chi connectivity index (χ3v) is 5.10. The van der Waals surface area contributed by atoms with Crippen LogP contribution in [0.5, 0.6) is 0 Å². The molecule has 24 heavy (non-hydrogen) atoms. The van der Waals surface area contributed by atoms with Crippen molar-refractivity contribution >= 4 is 5.69 Å². The molecule has 1 heterocycles. The van der Waals surface area contributed by atoms with Crippen LogP contribution in [-0.2, 0) is 12.8 Å². The summed E-state index contributed by atoms with van der Waals surface area (Å²) >= 11 is 0. The fourth-order valence-electron chi connectivity index (χ4n) is 3.82. The molecule has 2 aromatic carbocycles. The van der Waals surface area contributed by atoms with Gasteiger partial charge < -0.3 is 10.6 Å². The second kappa shape index (κ2) is 7.85. The lowest BCUT2D eigenvalue weighted by Crippen LogP contribution is -2.32. The number of para-hydroxylation sites is 1. The third-order valence-electron chi connectivity index (χ3n) is 5.10. The van der Waals surface area contributed by atoms with Crippen molar-refractivity contribution in [2.45, 2.75) is 52.1 Å². The summed E-state index contributed by atoms with van der Waals surface area (Å²) in [4.78, 5) is 0. The van der Waals surface area contributed by atoms with Crippen LogP contribution in [0.25, 0.3) is 0 Å². The van der Waals surface area contributed by atoms with Crippen LogP contribution >= 0.6 is 0 Å². The van der Waals surface area contributed by atoms with Crippen molar-refractivity contribution in [3.05, 3.63) is 65.2 Å². The van der Waals surface area contributed by atoms with E-state index in [1.165, 1.54) is 28.8 Å². The van der Waals surface area contributed by atoms with Gasteiger partial charge >= 0.3 is 0 Å². The van der Waals surface area contributed by atoms with E-state index in [2.05, 4.69) is 79.9 Å². The molecular formula is C22H30N2. The molecule has 0 aromatic heterocycles. The number of anilines is 1. The van der Waals surface area contributed by atoms with Gasteiger partial charge in [-0.05, 0) is 48.4 Å². The largest absolute Gasteiger partial charge is 0.377 e. The summed E-state index contributed by atoms with van der Waals surface area (Å²) in [5, 5.41) is 7.48. The van der Waals surface area contributed by atoms with Gasteiger partial charge in [-0.2, -0.15) is 0 Å². The summed E-state index contributed by atoms with van der Waals surface area (Å²) in [7, 11) is 0. The van der Waals surface area contributed by atoms with Gasteiger partial charge in [-0.3, -0.25) is 0 Å². The van der Waals surface area contributed by atoms with E-state index in [4.69, 9.17) is 0 Å². The zero-order chi connectivity index (χ0) is 16.9. The van der Waals surface area contributed by atoms with Crippen LogP contribution in [-0.4, -0.2) is 12.6 Å². The van der Waals surface area contributed by atoms with Crippen LogP contribution in [0.3, 0.4) is 0 Å². The van der Waals surface area contributed by atoms with Gasteiger partial charge in [0.15, 0.2) is 0 Å². The average Bonchev–Trinajstić information content (AvgIpc) is 2.61. The minimum atomic E-state index is 0.403. The Morgan fingerprint density at radius 3 is 2.58 bits per heavy atom. The number of hydrogen-bond acceptors (Lipinski definition) is 2. The Hall–Kier alpha value is -1.80. The quantitative estimate of drug-likeness (QED) is 0.785.